The number of nitrogens with zero attached hydrogens (tertiary/aromatic N) is 2. The topological polar surface area (TPSA) is 90.6 Å². The highest BCUT2D eigenvalue weighted by molar-refractivity contribution is 7.85. The van der Waals surface area contributed by atoms with Gasteiger partial charge in [-0.05, 0) is 48.9 Å². The molecule has 0 saturated carbocycles. The summed E-state index contributed by atoms with van der Waals surface area (Å²) in [5, 5.41) is 9.35. The molecule has 1 unspecified atom stereocenters. The second kappa shape index (κ2) is 7.06. The molecule has 144 valence electrons. The number of fused-ring (bicyclic) bond motifs is 4. The van der Waals surface area contributed by atoms with Crippen LogP contribution in [0, 0.1) is 17.2 Å². The smallest absolute Gasteiger partial charge is 0.265 e. The van der Waals surface area contributed by atoms with Gasteiger partial charge in [-0.15, -0.1) is 0 Å². The summed E-state index contributed by atoms with van der Waals surface area (Å²) in [6.45, 7) is 1.24. The molecule has 6 nitrogen and oxygen atoms in total. The maximum Gasteiger partial charge on any atom is 0.265 e. The van der Waals surface area contributed by atoms with Crippen LogP contribution in [0.25, 0.3) is 11.1 Å². The van der Waals surface area contributed by atoms with E-state index in [1.807, 2.05) is 31.3 Å². The molecule has 0 fully saturated rings. The maximum atomic E-state index is 11.8. The minimum absolute atomic E-state index is 0.363. The van der Waals surface area contributed by atoms with Crippen molar-refractivity contribution in [3.05, 3.63) is 59.2 Å². The Bertz CT molecular complexity index is 1120. The van der Waals surface area contributed by atoms with Gasteiger partial charge in [-0.2, -0.15) is 13.7 Å². The fraction of sp³-hybridized carbons (Fsp3) is 0.286. The molecular formula is C21H20N2O4S. The van der Waals surface area contributed by atoms with Crippen LogP contribution >= 0.6 is 0 Å². The number of rotatable bonds is 2. The summed E-state index contributed by atoms with van der Waals surface area (Å²) in [6, 6.07) is 15.0. The highest BCUT2D eigenvalue weighted by Crippen LogP contribution is 2.47. The van der Waals surface area contributed by atoms with Crippen molar-refractivity contribution in [2.75, 3.05) is 25.9 Å². The Morgan fingerprint density at radius 2 is 1.96 bits per heavy atom. The molecule has 2 aromatic rings. The van der Waals surface area contributed by atoms with Gasteiger partial charge in [-0.25, -0.2) is 0 Å². The van der Waals surface area contributed by atoms with Gasteiger partial charge in [0.2, 0.25) is 0 Å². The Hall–Kier alpha value is -2.66. The zero-order valence-corrected chi connectivity index (χ0v) is 16.2. The molecule has 0 aliphatic carbocycles. The highest BCUT2D eigenvalue weighted by Gasteiger charge is 2.33. The van der Waals surface area contributed by atoms with Crippen LogP contribution in [0.4, 0.5) is 0 Å². The molecule has 2 aromatic carbocycles. The van der Waals surface area contributed by atoms with E-state index in [1.54, 1.807) is 18.2 Å². The van der Waals surface area contributed by atoms with E-state index in [2.05, 4.69) is 11.0 Å². The minimum Gasteiger partial charge on any atom is -0.456 e. The predicted octanol–water partition coefficient (Wildman–Crippen LogP) is 3.41. The molecule has 28 heavy (non-hydrogen) atoms. The van der Waals surface area contributed by atoms with Gasteiger partial charge in [-0.3, -0.25) is 4.55 Å². The molecule has 0 bridgehead atoms. The number of nitriles is 1. The Balaban J connectivity index is 2.02. The molecule has 0 saturated heterocycles. The second-order valence-electron chi connectivity index (χ2n) is 7.27. The average molecular weight is 396 g/mol. The zero-order chi connectivity index (χ0) is 19.9. The van der Waals surface area contributed by atoms with Crippen LogP contribution in [0.1, 0.15) is 23.1 Å². The summed E-state index contributed by atoms with van der Waals surface area (Å²) in [6.07, 6.45) is 0.688. The molecule has 4 rings (SSSR count). The highest BCUT2D eigenvalue weighted by atomic mass is 32.2. The van der Waals surface area contributed by atoms with Crippen LogP contribution < -0.4 is 4.74 Å². The van der Waals surface area contributed by atoms with Gasteiger partial charge in [0, 0.05) is 30.1 Å². The summed E-state index contributed by atoms with van der Waals surface area (Å²) in [5.41, 5.74) is 3.99. The van der Waals surface area contributed by atoms with E-state index in [0.717, 1.165) is 28.8 Å². The number of benzene rings is 2. The van der Waals surface area contributed by atoms with E-state index in [0.29, 0.717) is 30.0 Å². The van der Waals surface area contributed by atoms with Crippen molar-refractivity contribution in [2.45, 2.75) is 6.42 Å². The lowest BCUT2D eigenvalue weighted by Gasteiger charge is -2.23. The van der Waals surface area contributed by atoms with Crippen molar-refractivity contribution in [3.8, 4) is 17.6 Å². The lowest BCUT2D eigenvalue weighted by atomic mass is 9.85. The third-order valence-electron chi connectivity index (χ3n) is 5.25. The lowest BCUT2D eigenvalue weighted by molar-refractivity contribution is 0.323. The molecule has 2 heterocycles. The van der Waals surface area contributed by atoms with Crippen molar-refractivity contribution in [1.82, 2.24) is 4.90 Å². The first-order chi connectivity index (χ1) is 13.4. The average Bonchev–Trinajstić information content (AvgIpc) is 2.88. The Morgan fingerprint density at radius 3 is 2.71 bits per heavy atom. The van der Waals surface area contributed by atoms with Gasteiger partial charge in [0.25, 0.3) is 10.1 Å². The summed E-state index contributed by atoms with van der Waals surface area (Å²) in [7, 11) is -2.23. The number of hydrogen-bond acceptors (Lipinski definition) is 5. The molecule has 2 aliphatic heterocycles. The number of hydrogen-bond donors (Lipinski definition) is 1. The Kier molecular flexibility index (Phi) is 4.71. The van der Waals surface area contributed by atoms with Gasteiger partial charge in [-0.1, -0.05) is 18.2 Å². The first-order valence-corrected chi connectivity index (χ1v) is 10.6. The van der Waals surface area contributed by atoms with Crippen molar-refractivity contribution in [2.24, 2.45) is 5.92 Å². The van der Waals surface area contributed by atoms with Crippen molar-refractivity contribution in [3.63, 3.8) is 0 Å². The van der Waals surface area contributed by atoms with E-state index in [9.17, 15) is 18.2 Å². The predicted molar refractivity (Wildman–Crippen MR) is 107 cm³/mol. The van der Waals surface area contributed by atoms with Crippen LogP contribution in [0.3, 0.4) is 0 Å². The van der Waals surface area contributed by atoms with Crippen LogP contribution in [0.5, 0.6) is 11.5 Å². The third-order valence-corrected chi connectivity index (χ3v) is 6.08. The summed E-state index contributed by atoms with van der Waals surface area (Å²) in [5.74, 6) is 0.506. The third kappa shape index (κ3) is 3.54. The molecule has 7 heteroatoms. The summed E-state index contributed by atoms with van der Waals surface area (Å²) < 4.78 is 39.3. The Morgan fingerprint density at radius 1 is 1.21 bits per heavy atom. The molecule has 1 N–H and O–H groups in total. The van der Waals surface area contributed by atoms with E-state index in [-0.39, 0.29) is 5.75 Å². The summed E-state index contributed by atoms with van der Waals surface area (Å²) >= 11 is 0. The first kappa shape index (κ1) is 18.7. The normalized spacial score (nSPS) is 19.4. The molecule has 0 amide bonds. The van der Waals surface area contributed by atoms with Crippen LogP contribution in [-0.2, 0) is 10.1 Å². The van der Waals surface area contributed by atoms with Gasteiger partial charge >= 0.3 is 0 Å². The van der Waals surface area contributed by atoms with Gasteiger partial charge in [0.05, 0.1) is 17.4 Å². The minimum atomic E-state index is -4.17. The van der Waals surface area contributed by atoms with E-state index in [4.69, 9.17) is 4.74 Å². The lowest BCUT2D eigenvalue weighted by Crippen LogP contribution is -2.29. The van der Waals surface area contributed by atoms with Crippen LogP contribution in [0.15, 0.2) is 42.5 Å². The number of ether oxygens (including phenoxy) is 1. The van der Waals surface area contributed by atoms with Gasteiger partial charge < -0.3 is 9.64 Å². The SMILES string of the molecule is CN1CCC2=C(c3ccccc3Oc3ccc(C#N)cc32)C(CS(=O)(=O)O)C1. The molecule has 0 radical (unpaired) electrons. The largest absolute Gasteiger partial charge is 0.456 e. The van der Waals surface area contributed by atoms with Gasteiger partial charge in [0.1, 0.15) is 11.5 Å². The fourth-order valence-corrected chi connectivity index (χ4v) is 4.90. The molecule has 0 aromatic heterocycles. The van der Waals surface area contributed by atoms with Crippen molar-refractivity contribution >= 4 is 21.3 Å². The fourth-order valence-electron chi connectivity index (χ4n) is 4.12. The zero-order valence-electron chi connectivity index (χ0n) is 15.4. The molecule has 1 atom stereocenters. The van der Waals surface area contributed by atoms with Gasteiger partial charge in [0.15, 0.2) is 0 Å². The van der Waals surface area contributed by atoms with Crippen LogP contribution in [0.2, 0.25) is 0 Å². The summed E-state index contributed by atoms with van der Waals surface area (Å²) in [4.78, 5) is 2.07. The molecular weight excluding hydrogens is 376 g/mol. The Labute approximate surface area is 164 Å². The van der Waals surface area contributed by atoms with Crippen molar-refractivity contribution in [1.29, 1.82) is 5.26 Å². The maximum absolute atomic E-state index is 11.8. The van der Waals surface area contributed by atoms with E-state index in [1.165, 1.54) is 0 Å². The second-order valence-corrected chi connectivity index (χ2v) is 8.77. The van der Waals surface area contributed by atoms with E-state index < -0.39 is 16.0 Å². The number of para-hydroxylation sites is 1. The monoisotopic (exact) mass is 396 g/mol. The molecule has 2 aliphatic rings. The van der Waals surface area contributed by atoms with Crippen molar-refractivity contribution < 1.29 is 17.7 Å². The molecule has 0 spiro atoms. The first-order valence-electron chi connectivity index (χ1n) is 9.04. The van der Waals surface area contributed by atoms with E-state index >= 15 is 0 Å². The van der Waals surface area contributed by atoms with Crippen LogP contribution in [-0.4, -0.2) is 43.8 Å². The standard InChI is InChI=1S/C21H20N2O4S/c1-23-9-8-16-18-10-14(11-22)6-7-20(18)27-19-5-3-2-4-17(19)21(16)15(12-23)13-28(24,25)26/h2-7,10,15H,8-9,12-13H2,1H3,(H,24,25,26). The quantitative estimate of drug-likeness (QED) is 0.783.